The van der Waals surface area contributed by atoms with Crippen LogP contribution in [0, 0.1) is 0 Å². The standard InChI is InChI=1S/C22H26O8/c1-4-7-20(27-29-21(23)16-8-12-18(13-9-16)25-5-2)28-30-22(24)17-10-14-19(15-11-17)26-6-3/h8-15,20H,4-7H2,1-3H3. The molecule has 8 heteroatoms. The van der Waals surface area contributed by atoms with Gasteiger partial charge in [0, 0.05) is 6.42 Å². The van der Waals surface area contributed by atoms with Crippen LogP contribution < -0.4 is 9.47 Å². The third-order valence-corrected chi connectivity index (χ3v) is 3.79. The molecule has 0 aliphatic heterocycles. The number of carbonyl (C=O) groups is 2. The van der Waals surface area contributed by atoms with Gasteiger partial charge in [-0.2, -0.15) is 0 Å². The summed E-state index contributed by atoms with van der Waals surface area (Å²) in [5.74, 6) is -0.132. The van der Waals surface area contributed by atoms with Crippen LogP contribution in [0.5, 0.6) is 11.5 Å². The van der Waals surface area contributed by atoms with Gasteiger partial charge in [-0.15, -0.1) is 9.78 Å². The monoisotopic (exact) mass is 418 g/mol. The molecule has 0 aromatic heterocycles. The Bertz CT molecular complexity index is 720. The summed E-state index contributed by atoms with van der Waals surface area (Å²) in [5.41, 5.74) is 0.556. The number of carbonyl (C=O) groups excluding carboxylic acids is 2. The highest BCUT2D eigenvalue weighted by Gasteiger charge is 2.19. The molecule has 0 unspecified atom stereocenters. The molecule has 8 nitrogen and oxygen atoms in total. The fourth-order valence-corrected chi connectivity index (χ4v) is 2.35. The van der Waals surface area contributed by atoms with Gasteiger partial charge in [-0.25, -0.2) is 9.59 Å². The molecule has 0 aliphatic carbocycles. The molecule has 0 amide bonds. The van der Waals surface area contributed by atoms with Crippen LogP contribution in [0.1, 0.15) is 54.3 Å². The second kappa shape index (κ2) is 12.5. The Morgan fingerprint density at radius 2 is 1.10 bits per heavy atom. The number of hydrogen-bond acceptors (Lipinski definition) is 8. The summed E-state index contributed by atoms with van der Waals surface area (Å²) >= 11 is 0. The summed E-state index contributed by atoms with van der Waals surface area (Å²) in [6, 6.07) is 12.8. The number of rotatable bonds is 12. The van der Waals surface area contributed by atoms with E-state index in [1.807, 2.05) is 20.8 Å². The summed E-state index contributed by atoms with van der Waals surface area (Å²) < 4.78 is 10.6. The summed E-state index contributed by atoms with van der Waals surface area (Å²) in [6.45, 7) is 6.66. The molecule has 0 fully saturated rings. The maximum atomic E-state index is 12.1. The van der Waals surface area contributed by atoms with Crippen LogP contribution in [0.25, 0.3) is 0 Å². The minimum Gasteiger partial charge on any atom is -0.494 e. The highest BCUT2D eigenvalue weighted by molar-refractivity contribution is 5.89. The van der Waals surface area contributed by atoms with Gasteiger partial charge in [0.1, 0.15) is 11.5 Å². The average molecular weight is 418 g/mol. The van der Waals surface area contributed by atoms with Gasteiger partial charge in [-0.05, 0) is 62.4 Å². The lowest BCUT2D eigenvalue weighted by Gasteiger charge is -2.14. The molecule has 0 bridgehead atoms. The second-order valence-corrected chi connectivity index (χ2v) is 6.07. The van der Waals surface area contributed by atoms with Crippen LogP contribution in [-0.2, 0) is 19.6 Å². The molecule has 0 saturated heterocycles. The van der Waals surface area contributed by atoms with Crippen LogP contribution in [0.3, 0.4) is 0 Å². The van der Waals surface area contributed by atoms with Crippen molar-refractivity contribution in [1.29, 1.82) is 0 Å². The van der Waals surface area contributed by atoms with E-state index in [1.165, 1.54) is 0 Å². The van der Waals surface area contributed by atoms with Crippen LogP contribution in [0.2, 0.25) is 0 Å². The third kappa shape index (κ3) is 7.38. The van der Waals surface area contributed by atoms with E-state index in [4.69, 9.17) is 29.0 Å². The van der Waals surface area contributed by atoms with Gasteiger partial charge in [0.25, 0.3) is 0 Å². The van der Waals surface area contributed by atoms with Crippen molar-refractivity contribution in [2.75, 3.05) is 13.2 Å². The van der Waals surface area contributed by atoms with E-state index < -0.39 is 18.2 Å². The minimum atomic E-state index is -1.06. The van der Waals surface area contributed by atoms with E-state index in [0.717, 1.165) is 0 Å². The molecule has 0 radical (unpaired) electrons. The quantitative estimate of drug-likeness (QED) is 0.283. The summed E-state index contributed by atoms with van der Waals surface area (Å²) in [7, 11) is 0. The molecule has 0 heterocycles. The summed E-state index contributed by atoms with van der Waals surface area (Å²) in [6.07, 6.45) is -0.0767. The predicted octanol–water partition coefficient (Wildman–Crippen LogP) is 4.49. The molecule has 2 aromatic carbocycles. The largest absolute Gasteiger partial charge is 0.494 e. The van der Waals surface area contributed by atoms with Crippen molar-refractivity contribution in [3.63, 3.8) is 0 Å². The third-order valence-electron chi connectivity index (χ3n) is 3.79. The Labute approximate surface area is 175 Å². The minimum absolute atomic E-state index is 0.278. The Balaban J connectivity index is 1.84. The van der Waals surface area contributed by atoms with Gasteiger partial charge in [0.15, 0.2) is 0 Å². The molecule has 30 heavy (non-hydrogen) atoms. The van der Waals surface area contributed by atoms with Gasteiger partial charge in [-0.3, -0.25) is 9.78 Å². The van der Waals surface area contributed by atoms with E-state index in [0.29, 0.717) is 37.6 Å². The number of benzene rings is 2. The fourth-order valence-electron chi connectivity index (χ4n) is 2.35. The highest BCUT2D eigenvalue weighted by atomic mass is 17.3. The Hall–Kier alpha value is -3.10. The Kier molecular flexibility index (Phi) is 9.63. The van der Waals surface area contributed by atoms with E-state index in [1.54, 1.807) is 48.5 Å². The first-order valence-electron chi connectivity index (χ1n) is 9.78. The lowest BCUT2D eigenvalue weighted by atomic mass is 10.2. The smallest absolute Gasteiger partial charge is 0.373 e. The van der Waals surface area contributed by atoms with Crippen molar-refractivity contribution in [3.8, 4) is 11.5 Å². The lowest BCUT2D eigenvalue weighted by molar-refractivity contribution is -0.421. The van der Waals surface area contributed by atoms with Crippen LogP contribution in [0.4, 0.5) is 0 Å². The maximum absolute atomic E-state index is 12.1. The number of ether oxygens (including phenoxy) is 2. The summed E-state index contributed by atoms with van der Waals surface area (Å²) in [5, 5.41) is 0. The van der Waals surface area contributed by atoms with Crippen molar-refractivity contribution in [3.05, 3.63) is 59.7 Å². The molecule has 0 N–H and O–H groups in total. The lowest BCUT2D eigenvalue weighted by Crippen LogP contribution is -2.22. The highest BCUT2D eigenvalue weighted by Crippen LogP contribution is 2.16. The molecule has 0 aliphatic rings. The van der Waals surface area contributed by atoms with Crippen molar-refractivity contribution < 1.29 is 38.6 Å². The normalized spacial score (nSPS) is 10.5. The Morgan fingerprint density at radius 1 is 0.700 bits per heavy atom. The van der Waals surface area contributed by atoms with E-state index >= 15 is 0 Å². The predicted molar refractivity (Wildman–Crippen MR) is 107 cm³/mol. The zero-order valence-corrected chi connectivity index (χ0v) is 17.3. The van der Waals surface area contributed by atoms with Gasteiger partial charge in [0.2, 0.25) is 6.29 Å². The van der Waals surface area contributed by atoms with Crippen molar-refractivity contribution in [1.82, 2.24) is 0 Å². The molecule has 0 atom stereocenters. The zero-order chi connectivity index (χ0) is 21.8. The molecular formula is C22H26O8. The first-order chi connectivity index (χ1) is 14.6. The van der Waals surface area contributed by atoms with Crippen LogP contribution >= 0.6 is 0 Å². The van der Waals surface area contributed by atoms with Gasteiger partial charge >= 0.3 is 11.9 Å². The van der Waals surface area contributed by atoms with Gasteiger partial charge in [-0.1, -0.05) is 13.3 Å². The first kappa shape index (κ1) is 23.2. The van der Waals surface area contributed by atoms with E-state index in [9.17, 15) is 9.59 Å². The zero-order valence-electron chi connectivity index (χ0n) is 17.3. The molecular weight excluding hydrogens is 392 g/mol. The molecule has 2 rings (SSSR count). The fraction of sp³-hybridized carbons (Fsp3) is 0.364. The van der Waals surface area contributed by atoms with Crippen molar-refractivity contribution in [2.45, 2.75) is 39.9 Å². The molecule has 2 aromatic rings. The second-order valence-electron chi connectivity index (χ2n) is 6.07. The van der Waals surface area contributed by atoms with E-state index in [-0.39, 0.29) is 11.1 Å². The van der Waals surface area contributed by atoms with Crippen LogP contribution in [-0.4, -0.2) is 31.4 Å². The average Bonchev–Trinajstić information content (AvgIpc) is 2.76. The maximum Gasteiger partial charge on any atom is 0.373 e. The van der Waals surface area contributed by atoms with Crippen molar-refractivity contribution >= 4 is 11.9 Å². The first-order valence-corrected chi connectivity index (χ1v) is 9.78. The van der Waals surface area contributed by atoms with Gasteiger partial charge in [0.05, 0.1) is 24.3 Å². The van der Waals surface area contributed by atoms with Gasteiger partial charge < -0.3 is 9.47 Å². The topological polar surface area (TPSA) is 89.5 Å². The molecule has 162 valence electrons. The SMILES string of the molecule is CCCC(OOC(=O)c1ccc(OCC)cc1)OOC(=O)c1ccc(OCC)cc1. The van der Waals surface area contributed by atoms with Crippen LogP contribution in [0.15, 0.2) is 48.5 Å². The molecule has 0 spiro atoms. The Morgan fingerprint density at radius 3 is 1.43 bits per heavy atom. The number of hydrogen-bond donors (Lipinski definition) is 0. The molecule has 0 saturated carbocycles. The van der Waals surface area contributed by atoms with Crippen molar-refractivity contribution in [2.24, 2.45) is 0 Å². The summed E-state index contributed by atoms with van der Waals surface area (Å²) in [4.78, 5) is 43.9. The van der Waals surface area contributed by atoms with E-state index in [2.05, 4.69) is 0 Å².